The van der Waals surface area contributed by atoms with Crippen molar-refractivity contribution in [2.45, 2.75) is 63.5 Å². The van der Waals surface area contributed by atoms with Crippen molar-refractivity contribution in [1.29, 1.82) is 0 Å². The molecule has 4 atom stereocenters. The van der Waals surface area contributed by atoms with Gasteiger partial charge in [0.2, 0.25) is 0 Å². The predicted molar refractivity (Wildman–Crippen MR) is 107 cm³/mol. The molecule has 3 nitrogen and oxygen atoms in total. The Balaban J connectivity index is 1.48. The third-order valence-corrected chi connectivity index (χ3v) is 7.22. The van der Waals surface area contributed by atoms with Gasteiger partial charge in [0.15, 0.2) is 0 Å². The Hall–Kier alpha value is -0.900. The zero-order chi connectivity index (χ0) is 17.8. The van der Waals surface area contributed by atoms with Gasteiger partial charge < -0.3 is 5.11 Å². The molecule has 1 N–H and O–H groups in total. The van der Waals surface area contributed by atoms with Crippen LogP contribution < -0.4 is 0 Å². The molecule has 0 aliphatic carbocycles. The Kier molecular flexibility index (Phi) is 6.29. The molecule has 4 rings (SSSR count). The van der Waals surface area contributed by atoms with Crippen LogP contribution in [-0.2, 0) is 6.42 Å². The van der Waals surface area contributed by atoms with Crippen LogP contribution in [0.1, 0.15) is 50.5 Å². The number of hydrogen-bond acceptors (Lipinski definition) is 3. The maximum atomic E-state index is 9.26. The molecule has 0 amide bonds. The number of piperidine rings is 3. The summed E-state index contributed by atoms with van der Waals surface area (Å²) in [6, 6.07) is 12.6. The van der Waals surface area contributed by atoms with Gasteiger partial charge in [-0.15, -0.1) is 0 Å². The zero-order valence-corrected chi connectivity index (χ0v) is 16.2. The second kappa shape index (κ2) is 8.86. The lowest BCUT2D eigenvalue weighted by Gasteiger charge is -2.57. The highest BCUT2D eigenvalue weighted by atomic mass is 16.2. The molecule has 0 spiro atoms. The summed E-state index contributed by atoms with van der Waals surface area (Å²) >= 11 is 0. The summed E-state index contributed by atoms with van der Waals surface area (Å²) in [4.78, 5) is 5.70. The SMILES string of the molecule is OCCCC[C@@H]1[C@H]2CCCN3CCC[C@H](CN1CCc1ccccc1)[C@@H]23. The van der Waals surface area contributed by atoms with Crippen molar-refractivity contribution >= 4 is 0 Å². The summed E-state index contributed by atoms with van der Waals surface area (Å²) in [5.41, 5.74) is 1.47. The van der Waals surface area contributed by atoms with E-state index in [1.807, 2.05) is 0 Å². The Bertz CT molecular complexity index is 546. The predicted octanol–water partition coefficient (Wildman–Crippen LogP) is 3.57. The molecule has 3 aliphatic heterocycles. The fraction of sp³-hybridized carbons (Fsp3) is 0.739. The Labute approximate surface area is 159 Å². The largest absolute Gasteiger partial charge is 0.396 e. The van der Waals surface area contributed by atoms with Gasteiger partial charge in [-0.25, -0.2) is 0 Å². The second-order valence-electron chi connectivity index (χ2n) is 8.75. The zero-order valence-electron chi connectivity index (χ0n) is 16.2. The van der Waals surface area contributed by atoms with Crippen molar-refractivity contribution in [2.24, 2.45) is 11.8 Å². The van der Waals surface area contributed by atoms with Gasteiger partial charge >= 0.3 is 0 Å². The Morgan fingerprint density at radius 3 is 2.62 bits per heavy atom. The minimum atomic E-state index is 0.347. The standard InChI is InChI=1S/C23H36N2O/c26-17-5-4-12-22-21-11-7-15-24-14-6-10-20(23(21)24)18-25(22)16-13-19-8-2-1-3-9-19/h1-3,8-9,20-23,26H,4-7,10-18H2/t20-,21-,22-,23+/m1/s1. The molecule has 0 aromatic heterocycles. The van der Waals surface area contributed by atoms with Gasteiger partial charge in [0, 0.05) is 31.8 Å². The molecule has 26 heavy (non-hydrogen) atoms. The van der Waals surface area contributed by atoms with Gasteiger partial charge in [-0.2, -0.15) is 0 Å². The Morgan fingerprint density at radius 2 is 1.81 bits per heavy atom. The van der Waals surface area contributed by atoms with E-state index in [4.69, 9.17) is 0 Å². The van der Waals surface area contributed by atoms with E-state index in [0.29, 0.717) is 6.61 Å². The fourth-order valence-electron chi connectivity index (χ4n) is 6.12. The molecular formula is C23H36N2O. The number of benzene rings is 1. The molecule has 1 aromatic rings. The molecule has 0 saturated carbocycles. The summed E-state index contributed by atoms with van der Waals surface area (Å²) in [6.45, 7) is 5.53. The second-order valence-corrected chi connectivity index (χ2v) is 8.75. The van der Waals surface area contributed by atoms with E-state index in [2.05, 4.69) is 40.1 Å². The van der Waals surface area contributed by atoms with Gasteiger partial charge in [-0.05, 0) is 81.9 Å². The molecule has 3 aliphatic rings. The smallest absolute Gasteiger partial charge is 0.0431 e. The quantitative estimate of drug-likeness (QED) is 0.757. The first kappa shape index (κ1) is 18.5. The van der Waals surface area contributed by atoms with Gasteiger partial charge in [0.1, 0.15) is 0 Å². The van der Waals surface area contributed by atoms with E-state index >= 15 is 0 Å². The van der Waals surface area contributed by atoms with Crippen molar-refractivity contribution in [2.75, 3.05) is 32.8 Å². The van der Waals surface area contributed by atoms with Crippen molar-refractivity contribution < 1.29 is 5.11 Å². The molecule has 0 bridgehead atoms. The summed E-state index contributed by atoms with van der Waals surface area (Å²) in [6.07, 6.45) is 10.2. The molecule has 0 radical (unpaired) electrons. The van der Waals surface area contributed by atoms with Crippen LogP contribution in [-0.4, -0.2) is 59.8 Å². The molecule has 144 valence electrons. The van der Waals surface area contributed by atoms with E-state index < -0.39 is 0 Å². The van der Waals surface area contributed by atoms with Crippen molar-refractivity contribution in [3.05, 3.63) is 35.9 Å². The van der Waals surface area contributed by atoms with Crippen LogP contribution in [0.15, 0.2) is 30.3 Å². The maximum absolute atomic E-state index is 9.26. The number of unbranched alkanes of at least 4 members (excludes halogenated alkanes) is 1. The van der Waals surface area contributed by atoms with E-state index in [1.165, 1.54) is 76.7 Å². The van der Waals surface area contributed by atoms with Gasteiger partial charge in [0.25, 0.3) is 0 Å². The van der Waals surface area contributed by atoms with Crippen LogP contribution in [0.3, 0.4) is 0 Å². The Morgan fingerprint density at radius 1 is 1.00 bits per heavy atom. The highest BCUT2D eigenvalue weighted by Gasteiger charge is 2.47. The lowest BCUT2D eigenvalue weighted by atomic mass is 9.69. The highest BCUT2D eigenvalue weighted by Crippen LogP contribution is 2.43. The van der Waals surface area contributed by atoms with Crippen LogP contribution in [0.25, 0.3) is 0 Å². The third-order valence-electron chi connectivity index (χ3n) is 7.22. The molecular weight excluding hydrogens is 320 g/mol. The molecule has 3 heterocycles. The first-order chi connectivity index (χ1) is 12.9. The van der Waals surface area contributed by atoms with Crippen molar-refractivity contribution in [3.8, 4) is 0 Å². The normalized spacial score (nSPS) is 32.3. The summed E-state index contributed by atoms with van der Waals surface area (Å²) in [5.74, 6) is 1.75. The van der Waals surface area contributed by atoms with Crippen molar-refractivity contribution in [1.82, 2.24) is 9.80 Å². The molecule has 0 unspecified atom stereocenters. The number of rotatable bonds is 7. The summed E-state index contributed by atoms with van der Waals surface area (Å²) in [7, 11) is 0. The van der Waals surface area contributed by atoms with Crippen LogP contribution in [0.4, 0.5) is 0 Å². The number of aliphatic hydroxyl groups is 1. The monoisotopic (exact) mass is 356 g/mol. The lowest BCUT2D eigenvalue weighted by Crippen LogP contribution is -2.64. The van der Waals surface area contributed by atoms with E-state index in [1.54, 1.807) is 0 Å². The van der Waals surface area contributed by atoms with E-state index in [0.717, 1.165) is 30.3 Å². The minimum absolute atomic E-state index is 0.347. The highest BCUT2D eigenvalue weighted by molar-refractivity contribution is 5.15. The first-order valence-electron chi connectivity index (χ1n) is 11.0. The molecule has 1 aromatic carbocycles. The average molecular weight is 357 g/mol. The molecule has 3 saturated heterocycles. The van der Waals surface area contributed by atoms with E-state index in [9.17, 15) is 5.11 Å². The van der Waals surface area contributed by atoms with Crippen LogP contribution in [0.2, 0.25) is 0 Å². The van der Waals surface area contributed by atoms with Gasteiger partial charge in [0.05, 0.1) is 0 Å². The van der Waals surface area contributed by atoms with Gasteiger partial charge in [-0.1, -0.05) is 30.3 Å². The summed E-state index contributed by atoms with van der Waals surface area (Å²) < 4.78 is 0. The number of nitrogens with zero attached hydrogens (tertiary/aromatic N) is 2. The first-order valence-corrected chi connectivity index (χ1v) is 11.0. The molecule has 3 heteroatoms. The molecule has 3 fully saturated rings. The number of hydrogen-bond donors (Lipinski definition) is 1. The van der Waals surface area contributed by atoms with Crippen LogP contribution in [0, 0.1) is 11.8 Å². The number of aliphatic hydroxyl groups excluding tert-OH is 1. The summed E-state index contributed by atoms with van der Waals surface area (Å²) in [5, 5.41) is 9.26. The van der Waals surface area contributed by atoms with Gasteiger partial charge in [-0.3, -0.25) is 9.80 Å². The third kappa shape index (κ3) is 4.00. The average Bonchev–Trinajstić information content (AvgIpc) is 2.69. The maximum Gasteiger partial charge on any atom is 0.0431 e. The lowest BCUT2D eigenvalue weighted by molar-refractivity contribution is -0.0780. The van der Waals surface area contributed by atoms with Crippen molar-refractivity contribution in [3.63, 3.8) is 0 Å². The van der Waals surface area contributed by atoms with Crippen LogP contribution in [0.5, 0.6) is 0 Å². The van der Waals surface area contributed by atoms with Crippen LogP contribution >= 0.6 is 0 Å². The number of likely N-dealkylation sites (tertiary alicyclic amines) is 1. The topological polar surface area (TPSA) is 26.7 Å². The fourth-order valence-corrected chi connectivity index (χ4v) is 6.12. The minimum Gasteiger partial charge on any atom is -0.396 e. The van der Waals surface area contributed by atoms with E-state index in [-0.39, 0.29) is 0 Å².